The Bertz CT molecular complexity index is 1060. The number of nitrogens with zero attached hydrogens (tertiary/aromatic N) is 1. The molecule has 8 heteroatoms. The highest BCUT2D eigenvalue weighted by Crippen LogP contribution is 2.43. The van der Waals surface area contributed by atoms with E-state index in [1.807, 2.05) is 0 Å². The third-order valence-electron chi connectivity index (χ3n) is 6.00. The Balaban J connectivity index is 1.98. The molecule has 1 aliphatic heterocycles. The highest BCUT2D eigenvalue weighted by Gasteiger charge is 2.46. The molecule has 3 aliphatic rings. The van der Waals surface area contributed by atoms with Crippen LogP contribution in [0.5, 0.6) is 0 Å². The average molecular weight is 389 g/mol. The van der Waals surface area contributed by atoms with E-state index in [2.05, 4.69) is 0 Å². The second-order valence-electron chi connectivity index (χ2n) is 7.51. The van der Waals surface area contributed by atoms with Crippen molar-refractivity contribution in [2.45, 2.75) is 38.0 Å². The van der Waals surface area contributed by atoms with Gasteiger partial charge in [0.15, 0.2) is 11.6 Å². The molecule has 0 spiro atoms. The predicted octanol–water partition coefficient (Wildman–Crippen LogP) is 1.91. The largest absolute Gasteiger partial charge is 0.506 e. The van der Waals surface area contributed by atoms with Crippen molar-refractivity contribution in [3.05, 3.63) is 33.9 Å². The summed E-state index contributed by atoms with van der Waals surface area (Å²) in [6, 6.07) is 1.43. The summed E-state index contributed by atoms with van der Waals surface area (Å²) in [7, 11) is -2.75. The Morgan fingerprint density at radius 2 is 1.67 bits per heavy atom. The molecule has 2 saturated carbocycles. The van der Waals surface area contributed by atoms with Crippen molar-refractivity contribution in [1.29, 1.82) is 0 Å². The zero-order valence-corrected chi connectivity index (χ0v) is 16.0. The smallest absolute Gasteiger partial charge is 0.269 e. The summed E-state index contributed by atoms with van der Waals surface area (Å²) in [5.41, 5.74) is 0.463. The molecule has 4 rings (SSSR count). The number of sulfonamides is 1. The van der Waals surface area contributed by atoms with Crippen LogP contribution < -0.4 is 0 Å². The number of ketones is 2. The van der Waals surface area contributed by atoms with Crippen LogP contribution in [-0.2, 0) is 19.6 Å². The molecule has 1 heterocycles. The molecule has 2 aliphatic carbocycles. The summed E-state index contributed by atoms with van der Waals surface area (Å²) < 4.78 is 25.6. The van der Waals surface area contributed by atoms with Gasteiger partial charge in [-0.15, -0.1) is 0 Å². The van der Waals surface area contributed by atoms with Gasteiger partial charge in [-0.3, -0.25) is 14.4 Å². The molecule has 2 atom stereocenters. The Labute approximate surface area is 156 Å². The number of amides is 1. The highest BCUT2D eigenvalue weighted by atomic mass is 32.2. The number of rotatable bonds is 1. The van der Waals surface area contributed by atoms with Crippen molar-refractivity contribution in [3.8, 4) is 0 Å². The van der Waals surface area contributed by atoms with Gasteiger partial charge in [0.1, 0.15) is 16.2 Å². The number of Topliss-reactive ketones (excluding diaryl/α,β-unsaturated/α-hetero) is 2. The Hall–Kier alpha value is -2.48. The van der Waals surface area contributed by atoms with E-state index in [1.165, 1.54) is 27.0 Å². The van der Waals surface area contributed by atoms with E-state index >= 15 is 0 Å². The van der Waals surface area contributed by atoms with E-state index in [4.69, 9.17) is 0 Å². The number of aliphatic hydroxyl groups is 1. The van der Waals surface area contributed by atoms with Crippen LogP contribution in [0.15, 0.2) is 16.5 Å². The Morgan fingerprint density at radius 3 is 2.22 bits per heavy atom. The third-order valence-corrected chi connectivity index (χ3v) is 7.93. The second-order valence-corrected chi connectivity index (χ2v) is 9.41. The molecular formula is C19H19NO6S. The molecule has 0 aromatic heterocycles. The van der Waals surface area contributed by atoms with Gasteiger partial charge in [0, 0.05) is 24.4 Å². The quantitative estimate of drug-likeness (QED) is 0.446. The number of aryl methyl sites for hydroxylation is 1. The van der Waals surface area contributed by atoms with Crippen LogP contribution in [0, 0.1) is 25.7 Å². The Kier molecular flexibility index (Phi) is 3.66. The molecule has 2 bridgehead atoms. The van der Waals surface area contributed by atoms with Crippen LogP contribution in [-0.4, -0.2) is 42.4 Å². The molecule has 1 amide bonds. The molecule has 0 saturated heterocycles. The fourth-order valence-corrected chi connectivity index (χ4v) is 6.04. The van der Waals surface area contributed by atoms with E-state index in [0.29, 0.717) is 23.6 Å². The lowest BCUT2D eigenvalue weighted by Gasteiger charge is -2.21. The Morgan fingerprint density at radius 1 is 1.11 bits per heavy atom. The SMILES string of the molecule is Cc1cc(C(O)=C2C(=O)C3CCC(C3)C2=O)c(C)c2c1S(=O)(=O)N(C)C2=O. The normalized spacial score (nSPS) is 26.0. The van der Waals surface area contributed by atoms with Crippen molar-refractivity contribution in [3.63, 3.8) is 0 Å². The van der Waals surface area contributed by atoms with Crippen molar-refractivity contribution >= 4 is 33.3 Å². The molecule has 7 nitrogen and oxygen atoms in total. The topological polar surface area (TPSA) is 109 Å². The minimum absolute atomic E-state index is 0.0154. The van der Waals surface area contributed by atoms with Crippen LogP contribution in [0.4, 0.5) is 0 Å². The lowest BCUT2D eigenvalue weighted by Crippen LogP contribution is -2.30. The van der Waals surface area contributed by atoms with Gasteiger partial charge in [0.25, 0.3) is 15.9 Å². The first-order valence-corrected chi connectivity index (χ1v) is 10.2. The van der Waals surface area contributed by atoms with Crippen LogP contribution in [0.25, 0.3) is 5.76 Å². The molecule has 2 fully saturated rings. The van der Waals surface area contributed by atoms with Gasteiger partial charge in [-0.2, -0.15) is 0 Å². The number of fused-ring (bicyclic) bond motifs is 3. The molecule has 142 valence electrons. The predicted molar refractivity (Wildman–Crippen MR) is 95.6 cm³/mol. The standard InChI is InChI=1S/C19H19NO6S/c1-8-6-12(9(2)13-18(8)27(25,26)20(3)19(13)24)17(23)14-15(21)10-4-5-11(7-10)16(14)22/h6,10-11,23H,4-5,7H2,1-3H3. The molecule has 1 aromatic carbocycles. The lowest BCUT2D eigenvalue weighted by atomic mass is 9.81. The first-order chi connectivity index (χ1) is 12.6. The van der Waals surface area contributed by atoms with Gasteiger partial charge in [0.2, 0.25) is 0 Å². The molecule has 1 aromatic rings. The van der Waals surface area contributed by atoms with Crippen LogP contribution in [0.3, 0.4) is 0 Å². The summed E-state index contributed by atoms with van der Waals surface area (Å²) in [5.74, 6) is -2.38. The number of hydrogen-bond donors (Lipinski definition) is 1. The fraction of sp³-hybridized carbons (Fsp3) is 0.421. The summed E-state index contributed by atoms with van der Waals surface area (Å²) in [6.45, 7) is 3.04. The molecular weight excluding hydrogens is 370 g/mol. The maximum Gasteiger partial charge on any atom is 0.269 e. The van der Waals surface area contributed by atoms with Gasteiger partial charge in [-0.05, 0) is 50.3 Å². The fourth-order valence-electron chi connectivity index (χ4n) is 4.49. The van der Waals surface area contributed by atoms with Crippen LogP contribution in [0.2, 0.25) is 0 Å². The molecule has 27 heavy (non-hydrogen) atoms. The van der Waals surface area contributed by atoms with E-state index < -0.39 is 21.7 Å². The number of allylic oxidation sites excluding steroid dienone is 1. The summed E-state index contributed by atoms with van der Waals surface area (Å²) in [4.78, 5) is 37.7. The summed E-state index contributed by atoms with van der Waals surface area (Å²) in [6.07, 6.45) is 1.80. The van der Waals surface area contributed by atoms with E-state index in [9.17, 15) is 27.9 Å². The molecule has 0 radical (unpaired) electrons. The van der Waals surface area contributed by atoms with Gasteiger partial charge in [0.05, 0.1) is 5.56 Å². The monoisotopic (exact) mass is 389 g/mol. The van der Waals surface area contributed by atoms with Crippen LogP contribution >= 0.6 is 0 Å². The zero-order chi connectivity index (χ0) is 19.8. The van der Waals surface area contributed by atoms with Gasteiger partial charge < -0.3 is 5.11 Å². The number of aliphatic hydroxyl groups excluding tert-OH is 1. The van der Waals surface area contributed by atoms with Gasteiger partial charge in [-0.1, -0.05) is 0 Å². The second kappa shape index (κ2) is 5.51. The lowest BCUT2D eigenvalue weighted by molar-refractivity contribution is -0.127. The summed E-state index contributed by atoms with van der Waals surface area (Å²) >= 11 is 0. The van der Waals surface area contributed by atoms with E-state index in [0.717, 1.165) is 0 Å². The number of benzene rings is 1. The van der Waals surface area contributed by atoms with Crippen molar-refractivity contribution in [2.75, 3.05) is 7.05 Å². The maximum absolute atomic E-state index is 12.6. The third kappa shape index (κ3) is 2.19. The number of carbonyl (C=O) groups excluding carboxylic acids is 3. The number of carbonyl (C=O) groups is 3. The summed E-state index contributed by atoms with van der Waals surface area (Å²) in [5, 5.41) is 10.8. The maximum atomic E-state index is 12.6. The van der Waals surface area contributed by atoms with Crippen LogP contribution in [0.1, 0.15) is 46.3 Å². The first kappa shape index (κ1) is 17.9. The van der Waals surface area contributed by atoms with E-state index in [1.54, 1.807) is 0 Å². The van der Waals surface area contributed by atoms with Crippen molar-refractivity contribution < 1.29 is 27.9 Å². The molecule has 1 N–H and O–H groups in total. The van der Waals surface area contributed by atoms with E-state index in [-0.39, 0.29) is 56.1 Å². The highest BCUT2D eigenvalue weighted by molar-refractivity contribution is 7.90. The van der Waals surface area contributed by atoms with Crippen molar-refractivity contribution in [2.24, 2.45) is 11.8 Å². The van der Waals surface area contributed by atoms with Gasteiger partial charge >= 0.3 is 0 Å². The first-order valence-electron chi connectivity index (χ1n) is 8.76. The minimum Gasteiger partial charge on any atom is -0.506 e. The van der Waals surface area contributed by atoms with Gasteiger partial charge in [-0.25, -0.2) is 12.7 Å². The molecule has 2 unspecified atom stereocenters. The number of hydrogen-bond acceptors (Lipinski definition) is 6. The minimum atomic E-state index is -3.93. The average Bonchev–Trinajstić information content (AvgIpc) is 3.13. The van der Waals surface area contributed by atoms with Crippen molar-refractivity contribution in [1.82, 2.24) is 4.31 Å². The zero-order valence-electron chi connectivity index (χ0n) is 15.2.